The summed E-state index contributed by atoms with van der Waals surface area (Å²) < 4.78 is 91.0. The number of benzene rings is 3. The topological polar surface area (TPSA) is 70.2 Å². The van der Waals surface area contributed by atoms with E-state index in [1.807, 2.05) is 4.90 Å². The third kappa shape index (κ3) is 7.06. The first kappa shape index (κ1) is 35.7. The van der Waals surface area contributed by atoms with Gasteiger partial charge >= 0.3 is 12.1 Å². The molecule has 0 bridgehead atoms. The van der Waals surface area contributed by atoms with E-state index < -0.39 is 55.6 Å². The lowest BCUT2D eigenvalue weighted by molar-refractivity contribution is -0.168. The summed E-state index contributed by atoms with van der Waals surface area (Å²) in [4.78, 5) is 16.7. The van der Waals surface area contributed by atoms with Gasteiger partial charge in [0.25, 0.3) is 10.0 Å². The number of sulfonamides is 1. The first-order valence-corrected chi connectivity index (χ1v) is 17.2. The highest BCUT2D eigenvalue weighted by Gasteiger charge is 2.46. The Morgan fingerprint density at radius 1 is 0.938 bits per heavy atom. The Morgan fingerprint density at radius 3 is 2.27 bits per heavy atom. The molecule has 7 nitrogen and oxygen atoms in total. The second kappa shape index (κ2) is 12.7. The van der Waals surface area contributed by atoms with Crippen molar-refractivity contribution in [3.8, 4) is 0 Å². The molecule has 2 aliphatic heterocycles. The zero-order chi connectivity index (χ0) is 35.4. The van der Waals surface area contributed by atoms with E-state index in [0.29, 0.717) is 36.0 Å². The lowest BCUT2D eigenvalue weighted by atomic mass is 9.96. The number of esters is 1. The van der Waals surface area contributed by atoms with Crippen molar-refractivity contribution >= 4 is 50.6 Å². The Hall–Kier alpha value is -3.61. The molecule has 0 aliphatic carbocycles. The van der Waals surface area contributed by atoms with Gasteiger partial charge in [-0.25, -0.2) is 12.8 Å². The van der Waals surface area contributed by atoms with Crippen molar-refractivity contribution in [2.24, 2.45) is 0 Å². The van der Waals surface area contributed by atoms with Crippen molar-refractivity contribution in [2.45, 2.75) is 69.8 Å². The number of hydrogen-bond acceptors (Lipinski definition) is 6. The molecular formula is C35H38ClF4N3O4S. The summed E-state index contributed by atoms with van der Waals surface area (Å²) in [6.45, 7) is 11.6. The number of ether oxygens (including phenoxy) is 1. The van der Waals surface area contributed by atoms with Gasteiger partial charge in [-0.05, 0) is 95.1 Å². The number of nitrogens with zero attached hydrogens (tertiary/aromatic N) is 3. The van der Waals surface area contributed by atoms with Crippen molar-refractivity contribution in [1.29, 1.82) is 0 Å². The highest BCUT2D eigenvalue weighted by molar-refractivity contribution is 7.92. The van der Waals surface area contributed by atoms with Gasteiger partial charge in [-0.3, -0.25) is 14.0 Å². The summed E-state index contributed by atoms with van der Waals surface area (Å²) in [7, 11) is -4.52. The standard InChI is InChI=1S/C35H38ClF4N3O4S/c1-22(31-27(36)11-8-12-28(31)37)17-23-13-14-29-30(18-23)43(48(45,46)26-10-7-9-24(19-26)35(38,39)40)21-25-20-41(15-16-42(25)29)34(5,6)32(44)47-33(2,3)4/h7-14,17-19,25H,15-16,20-21H2,1-6H3/b22-17+/t25-/m0/s1. The molecule has 0 amide bonds. The minimum absolute atomic E-state index is 0.0994. The molecule has 0 radical (unpaired) electrons. The van der Waals surface area contributed by atoms with Crippen LogP contribution in [0.25, 0.3) is 11.6 Å². The Bertz CT molecular complexity index is 1850. The lowest BCUT2D eigenvalue weighted by Gasteiger charge is -2.52. The normalized spacial score (nSPS) is 18.0. The molecule has 3 aromatic rings. The molecule has 48 heavy (non-hydrogen) atoms. The fourth-order valence-corrected chi connectivity index (χ4v) is 7.98. The fourth-order valence-electron chi connectivity index (χ4n) is 6.12. The van der Waals surface area contributed by atoms with E-state index in [9.17, 15) is 30.8 Å². The van der Waals surface area contributed by atoms with Gasteiger partial charge in [-0.15, -0.1) is 0 Å². The number of anilines is 2. The molecule has 1 saturated heterocycles. The first-order valence-electron chi connectivity index (χ1n) is 15.4. The van der Waals surface area contributed by atoms with Crippen LogP contribution in [0.5, 0.6) is 0 Å². The maximum absolute atomic E-state index is 14.7. The summed E-state index contributed by atoms with van der Waals surface area (Å²) >= 11 is 6.28. The van der Waals surface area contributed by atoms with E-state index in [1.54, 1.807) is 71.9 Å². The second-order valence-electron chi connectivity index (χ2n) is 13.6. The molecule has 258 valence electrons. The Labute approximate surface area is 283 Å². The highest BCUT2D eigenvalue weighted by Crippen LogP contribution is 2.42. The van der Waals surface area contributed by atoms with Gasteiger partial charge < -0.3 is 9.64 Å². The minimum Gasteiger partial charge on any atom is -0.459 e. The summed E-state index contributed by atoms with van der Waals surface area (Å²) in [5.74, 6) is -0.937. The minimum atomic E-state index is -4.75. The third-order valence-corrected chi connectivity index (χ3v) is 10.7. The van der Waals surface area contributed by atoms with Crippen LogP contribution in [0.4, 0.5) is 28.9 Å². The predicted octanol–water partition coefficient (Wildman–Crippen LogP) is 7.88. The van der Waals surface area contributed by atoms with Crippen LogP contribution in [-0.2, 0) is 25.7 Å². The van der Waals surface area contributed by atoms with E-state index in [2.05, 4.69) is 4.90 Å². The van der Waals surface area contributed by atoms with Crippen molar-refractivity contribution in [3.63, 3.8) is 0 Å². The zero-order valence-corrected chi connectivity index (χ0v) is 29.1. The van der Waals surface area contributed by atoms with Crippen LogP contribution < -0.4 is 9.21 Å². The number of carbonyl (C=O) groups excluding carboxylic acids is 1. The number of alkyl halides is 3. The lowest BCUT2D eigenvalue weighted by Crippen LogP contribution is -2.66. The number of piperazine rings is 1. The van der Waals surface area contributed by atoms with Gasteiger partial charge in [0.15, 0.2) is 0 Å². The molecule has 0 unspecified atom stereocenters. The first-order chi connectivity index (χ1) is 22.2. The number of carbonyl (C=O) groups is 1. The van der Waals surface area contributed by atoms with Crippen molar-refractivity contribution < 1.29 is 35.5 Å². The number of allylic oxidation sites excluding steroid dienone is 1. The summed E-state index contributed by atoms with van der Waals surface area (Å²) in [6, 6.07) is 12.7. The number of fused-ring (bicyclic) bond motifs is 3. The molecular weight excluding hydrogens is 670 g/mol. The van der Waals surface area contributed by atoms with Crippen molar-refractivity contribution in [1.82, 2.24) is 4.90 Å². The van der Waals surface area contributed by atoms with Crippen LogP contribution in [0, 0.1) is 5.82 Å². The number of halogens is 5. The van der Waals surface area contributed by atoms with E-state index in [1.165, 1.54) is 12.1 Å². The monoisotopic (exact) mass is 707 g/mol. The van der Waals surface area contributed by atoms with Gasteiger partial charge in [0.1, 0.15) is 17.0 Å². The van der Waals surface area contributed by atoms with Crippen molar-refractivity contribution in [2.75, 3.05) is 35.4 Å². The van der Waals surface area contributed by atoms with E-state index in [0.717, 1.165) is 22.5 Å². The molecule has 13 heteroatoms. The van der Waals surface area contributed by atoms with Crippen LogP contribution >= 0.6 is 11.6 Å². The average molecular weight is 708 g/mol. The number of hydrogen-bond donors (Lipinski definition) is 0. The maximum Gasteiger partial charge on any atom is 0.416 e. The fraction of sp³-hybridized carbons (Fsp3) is 0.400. The van der Waals surface area contributed by atoms with Crippen LogP contribution in [-0.4, -0.2) is 62.6 Å². The summed E-state index contributed by atoms with van der Waals surface area (Å²) in [5, 5.41) is 0.213. The van der Waals surface area contributed by atoms with Crippen LogP contribution in [0.15, 0.2) is 65.6 Å². The molecule has 1 atom stereocenters. The van der Waals surface area contributed by atoms with E-state index in [4.69, 9.17) is 16.3 Å². The van der Waals surface area contributed by atoms with E-state index in [-0.39, 0.29) is 29.4 Å². The van der Waals surface area contributed by atoms with Gasteiger partial charge in [-0.1, -0.05) is 35.9 Å². The zero-order valence-electron chi connectivity index (χ0n) is 27.5. The van der Waals surface area contributed by atoms with Gasteiger partial charge in [0.2, 0.25) is 0 Å². The molecule has 0 saturated carbocycles. The molecule has 0 aromatic heterocycles. The predicted molar refractivity (Wildman–Crippen MR) is 180 cm³/mol. The van der Waals surface area contributed by atoms with Gasteiger partial charge in [0, 0.05) is 25.2 Å². The molecule has 2 aliphatic rings. The van der Waals surface area contributed by atoms with Crippen LogP contribution in [0.3, 0.4) is 0 Å². The molecule has 0 N–H and O–H groups in total. The molecule has 1 fully saturated rings. The largest absolute Gasteiger partial charge is 0.459 e. The maximum atomic E-state index is 14.7. The molecule has 5 rings (SSSR count). The Balaban J connectivity index is 1.59. The Morgan fingerprint density at radius 2 is 1.62 bits per heavy atom. The molecule has 2 heterocycles. The van der Waals surface area contributed by atoms with Gasteiger partial charge in [-0.2, -0.15) is 13.2 Å². The smallest absolute Gasteiger partial charge is 0.416 e. The SMILES string of the molecule is C/C(=C\c1ccc2c(c1)N(S(=O)(=O)c1cccc(C(F)(F)F)c1)C[C@@H]1CN(C(C)(C)C(=O)OC(C)(C)C)CCN21)c1c(F)cccc1Cl. The van der Waals surface area contributed by atoms with Crippen molar-refractivity contribution in [3.05, 3.63) is 88.2 Å². The third-order valence-electron chi connectivity index (χ3n) is 8.62. The molecule has 0 spiro atoms. The van der Waals surface area contributed by atoms with E-state index >= 15 is 0 Å². The van der Waals surface area contributed by atoms with Gasteiger partial charge in [0.05, 0.1) is 39.4 Å². The van der Waals surface area contributed by atoms with Crippen LogP contribution in [0.1, 0.15) is 58.2 Å². The average Bonchev–Trinajstić information content (AvgIpc) is 2.99. The summed E-state index contributed by atoms with van der Waals surface area (Å²) in [5.41, 5.74) is -0.758. The quantitative estimate of drug-likeness (QED) is 0.148. The number of rotatable bonds is 6. The highest BCUT2D eigenvalue weighted by atomic mass is 35.5. The second-order valence-corrected chi connectivity index (χ2v) is 15.9. The Kier molecular flexibility index (Phi) is 9.43. The summed E-state index contributed by atoms with van der Waals surface area (Å²) in [6.07, 6.45) is -3.07. The van der Waals surface area contributed by atoms with Crippen LogP contribution in [0.2, 0.25) is 5.02 Å². The molecule has 3 aromatic carbocycles.